The maximum absolute atomic E-state index is 6.23. The second kappa shape index (κ2) is 10.0. The molecule has 3 heterocycles. The molecule has 1 aromatic carbocycles. The van der Waals surface area contributed by atoms with Gasteiger partial charge in [0.1, 0.15) is 0 Å². The van der Waals surface area contributed by atoms with E-state index in [0.29, 0.717) is 6.54 Å². The number of aromatic amines is 1. The summed E-state index contributed by atoms with van der Waals surface area (Å²) in [6, 6.07) is 10.6. The number of pyridine rings is 1. The van der Waals surface area contributed by atoms with Crippen LogP contribution in [0, 0.1) is 0 Å². The molecule has 1 saturated heterocycles. The number of nitrogens with one attached hydrogen (secondary N) is 2. The molecule has 30 heavy (non-hydrogen) atoms. The molecule has 5 nitrogen and oxygen atoms in total. The Morgan fingerprint density at radius 2 is 1.83 bits per heavy atom. The van der Waals surface area contributed by atoms with Gasteiger partial charge in [0.2, 0.25) is 0 Å². The number of benzene rings is 1. The summed E-state index contributed by atoms with van der Waals surface area (Å²) in [4.78, 5) is 11.6. The number of nitrogens with two attached hydrogens (primary N) is 1. The number of hydrogen-bond donors (Lipinski definition) is 3. The maximum atomic E-state index is 6.23. The summed E-state index contributed by atoms with van der Waals surface area (Å²) in [5.41, 5.74) is 14.4. The average molecular weight is 422 g/mol. The van der Waals surface area contributed by atoms with Crippen LogP contribution in [0.2, 0.25) is 5.02 Å². The van der Waals surface area contributed by atoms with E-state index in [2.05, 4.69) is 33.5 Å². The van der Waals surface area contributed by atoms with Gasteiger partial charge in [-0.05, 0) is 80.2 Å². The smallest absolute Gasteiger partial charge is 0.0923 e. The fourth-order valence-electron chi connectivity index (χ4n) is 4.19. The van der Waals surface area contributed by atoms with Crippen molar-refractivity contribution in [2.45, 2.75) is 32.1 Å². The summed E-state index contributed by atoms with van der Waals surface area (Å²) in [7, 11) is 0. The predicted molar refractivity (Wildman–Crippen MR) is 123 cm³/mol. The van der Waals surface area contributed by atoms with Gasteiger partial charge in [-0.1, -0.05) is 29.3 Å². The molecule has 0 unspecified atom stereocenters. The quantitative estimate of drug-likeness (QED) is 0.585. The zero-order chi connectivity index (χ0) is 20.8. The van der Waals surface area contributed by atoms with E-state index >= 15 is 0 Å². The Labute approximate surface area is 182 Å². The van der Waals surface area contributed by atoms with Crippen molar-refractivity contribution < 1.29 is 0 Å². The number of nitrogens with zero attached hydrogens (tertiary/aromatic N) is 2. The lowest BCUT2D eigenvalue weighted by Gasteiger charge is -2.21. The van der Waals surface area contributed by atoms with E-state index < -0.39 is 0 Å². The highest BCUT2D eigenvalue weighted by Crippen LogP contribution is 2.37. The largest absolute Gasteiger partial charge is 0.351 e. The molecule has 156 valence electrons. The summed E-state index contributed by atoms with van der Waals surface area (Å²) in [6.07, 6.45) is 10.6. The molecule has 0 spiro atoms. The number of halogens is 1. The number of aromatic nitrogens is 3. The highest BCUT2D eigenvalue weighted by molar-refractivity contribution is 6.30. The Balaban J connectivity index is 0.000000230. The van der Waals surface area contributed by atoms with Gasteiger partial charge in [-0.3, -0.25) is 4.98 Å². The SMILES string of the molecule is Clc1ccc2c(c1)CCc1cccnc1C2=C1CCNCC1.NCCc1c[nH]cn1. The molecular formula is C24H28ClN5. The lowest BCUT2D eigenvalue weighted by molar-refractivity contribution is 0.611. The van der Waals surface area contributed by atoms with E-state index in [0.717, 1.165) is 55.9 Å². The second-order valence-electron chi connectivity index (χ2n) is 7.64. The third kappa shape index (κ3) is 4.81. The minimum Gasteiger partial charge on any atom is -0.351 e. The zero-order valence-electron chi connectivity index (χ0n) is 17.1. The fraction of sp³-hybridized carbons (Fsp3) is 0.333. The first-order valence-corrected chi connectivity index (χ1v) is 11.0. The van der Waals surface area contributed by atoms with Gasteiger partial charge in [0.05, 0.1) is 17.7 Å². The Bertz CT molecular complexity index is 1000. The molecule has 2 aromatic heterocycles. The van der Waals surface area contributed by atoms with Gasteiger partial charge in [-0.2, -0.15) is 0 Å². The Kier molecular flexibility index (Phi) is 6.95. The number of rotatable bonds is 2. The molecule has 3 aromatic rings. The lowest BCUT2D eigenvalue weighted by Crippen LogP contribution is -2.24. The number of H-pyrrole nitrogens is 1. The Morgan fingerprint density at radius 3 is 2.60 bits per heavy atom. The van der Waals surface area contributed by atoms with Gasteiger partial charge in [0.25, 0.3) is 0 Å². The lowest BCUT2D eigenvalue weighted by atomic mass is 9.89. The van der Waals surface area contributed by atoms with E-state index in [4.69, 9.17) is 22.3 Å². The van der Waals surface area contributed by atoms with Crippen LogP contribution in [0.4, 0.5) is 0 Å². The van der Waals surface area contributed by atoms with Crippen LogP contribution in [0.1, 0.15) is 40.9 Å². The van der Waals surface area contributed by atoms with Gasteiger partial charge in [0, 0.05) is 29.4 Å². The average Bonchev–Trinajstić information content (AvgIpc) is 3.23. The van der Waals surface area contributed by atoms with Gasteiger partial charge < -0.3 is 16.0 Å². The molecule has 0 atom stereocenters. The minimum atomic E-state index is 0.671. The molecule has 5 rings (SSSR count). The predicted octanol–water partition coefficient (Wildman–Crippen LogP) is 3.93. The van der Waals surface area contributed by atoms with Crippen LogP contribution in [0.15, 0.2) is 54.6 Å². The van der Waals surface area contributed by atoms with Gasteiger partial charge in [-0.25, -0.2) is 4.98 Å². The minimum absolute atomic E-state index is 0.671. The molecule has 0 saturated carbocycles. The Morgan fingerprint density at radius 1 is 1.00 bits per heavy atom. The Hall–Kier alpha value is -2.47. The van der Waals surface area contributed by atoms with E-state index in [1.165, 1.54) is 33.5 Å². The number of imidazole rings is 1. The number of piperidine rings is 1. The molecule has 4 N–H and O–H groups in total. The van der Waals surface area contributed by atoms with Crippen molar-refractivity contribution in [3.8, 4) is 0 Å². The summed E-state index contributed by atoms with van der Waals surface area (Å²) in [5.74, 6) is 0. The monoisotopic (exact) mass is 421 g/mol. The molecular weight excluding hydrogens is 394 g/mol. The first kappa shape index (κ1) is 20.8. The molecule has 1 aliphatic carbocycles. The fourth-order valence-corrected chi connectivity index (χ4v) is 4.38. The van der Waals surface area contributed by atoms with E-state index in [-0.39, 0.29) is 0 Å². The zero-order valence-corrected chi connectivity index (χ0v) is 17.9. The number of hydrogen-bond acceptors (Lipinski definition) is 4. The van der Waals surface area contributed by atoms with Crippen LogP contribution < -0.4 is 11.1 Å². The van der Waals surface area contributed by atoms with Crippen molar-refractivity contribution in [2.24, 2.45) is 5.73 Å². The van der Waals surface area contributed by atoms with Crippen LogP contribution in [0.3, 0.4) is 0 Å². The highest BCUT2D eigenvalue weighted by atomic mass is 35.5. The second-order valence-corrected chi connectivity index (χ2v) is 8.08. The van der Waals surface area contributed by atoms with Crippen molar-refractivity contribution in [2.75, 3.05) is 19.6 Å². The summed E-state index contributed by atoms with van der Waals surface area (Å²) < 4.78 is 0. The van der Waals surface area contributed by atoms with Crippen molar-refractivity contribution in [3.63, 3.8) is 0 Å². The van der Waals surface area contributed by atoms with Crippen LogP contribution in [0.5, 0.6) is 0 Å². The first-order valence-electron chi connectivity index (χ1n) is 10.6. The summed E-state index contributed by atoms with van der Waals surface area (Å²) in [6.45, 7) is 2.79. The van der Waals surface area contributed by atoms with E-state index in [1.807, 2.05) is 24.5 Å². The third-order valence-corrected chi connectivity index (χ3v) is 5.88. The summed E-state index contributed by atoms with van der Waals surface area (Å²) in [5, 5.41) is 4.28. The summed E-state index contributed by atoms with van der Waals surface area (Å²) >= 11 is 6.23. The van der Waals surface area contributed by atoms with Gasteiger partial charge >= 0.3 is 0 Å². The molecule has 0 radical (unpaired) electrons. The van der Waals surface area contributed by atoms with Crippen LogP contribution in [-0.4, -0.2) is 34.6 Å². The van der Waals surface area contributed by atoms with Crippen molar-refractivity contribution in [1.29, 1.82) is 0 Å². The standard InChI is InChI=1S/C19H19ClN2.C5H9N3/c20-16-5-6-17-15(12-16)4-3-14-2-1-9-22-19(14)18(17)13-7-10-21-11-8-13;6-2-1-5-3-7-4-8-5/h1-2,5-6,9,12,21H,3-4,7-8,10-11H2;3-4H,1-2,6H2,(H,7,8). The molecule has 1 aliphatic heterocycles. The third-order valence-electron chi connectivity index (χ3n) is 5.64. The number of fused-ring (bicyclic) bond motifs is 2. The van der Waals surface area contributed by atoms with Gasteiger partial charge in [0.15, 0.2) is 0 Å². The number of aryl methyl sites for hydroxylation is 2. The molecule has 6 heteroatoms. The molecule has 1 fully saturated rings. The normalized spacial score (nSPS) is 15.5. The van der Waals surface area contributed by atoms with Gasteiger partial charge in [-0.15, -0.1) is 0 Å². The molecule has 0 amide bonds. The van der Waals surface area contributed by atoms with E-state index in [1.54, 1.807) is 6.33 Å². The van der Waals surface area contributed by atoms with Crippen molar-refractivity contribution in [3.05, 3.63) is 87.7 Å². The van der Waals surface area contributed by atoms with Crippen LogP contribution in [-0.2, 0) is 19.3 Å². The topological polar surface area (TPSA) is 79.6 Å². The van der Waals surface area contributed by atoms with Crippen LogP contribution >= 0.6 is 11.6 Å². The first-order chi connectivity index (χ1) is 14.8. The van der Waals surface area contributed by atoms with Crippen molar-refractivity contribution in [1.82, 2.24) is 20.3 Å². The highest BCUT2D eigenvalue weighted by Gasteiger charge is 2.23. The molecule has 2 aliphatic rings. The molecule has 0 bridgehead atoms. The van der Waals surface area contributed by atoms with Crippen LogP contribution in [0.25, 0.3) is 5.57 Å². The van der Waals surface area contributed by atoms with E-state index in [9.17, 15) is 0 Å². The maximum Gasteiger partial charge on any atom is 0.0923 e. The van der Waals surface area contributed by atoms with Crippen molar-refractivity contribution >= 4 is 17.2 Å².